The highest BCUT2D eigenvalue weighted by Gasteiger charge is 2.42. The van der Waals surface area contributed by atoms with E-state index in [-0.39, 0.29) is 95.6 Å². The van der Waals surface area contributed by atoms with E-state index in [1.165, 1.54) is 75.0 Å². The number of benzene rings is 6. The molecule has 0 unspecified atom stereocenters. The van der Waals surface area contributed by atoms with Crippen LogP contribution in [0, 0.1) is 52.4 Å². The number of rotatable bonds is 15. The molecule has 10 rings (SSSR count). The van der Waals surface area contributed by atoms with Crippen molar-refractivity contribution in [2.24, 2.45) is 17.8 Å². The number of esters is 4. The summed E-state index contributed by atoms with van der Waals surface area (Å²) < 4.78 is 20.2. The number of amides is 6. The molecule has 4 saturated carbocycles. The number of ether oxygens (including phenoxy) is 4. The molecular weight excluding hydrogens is 1400 g/mol. The minimum atomic E-state index is -0.398. The van der Waals surface area contributed by atoms with Gasteiger partial charge in [-0.3, -0.25) is 43.2 Å². The summed E-state index contributed by atoms with van der Waals surface area (Å²) in [5, 5.41) is 0. The normalized spacial score (nSPS) is 21.7. The Morgan fingerprint density at radius 2 is 0.568 bits per heavy atom. The Balaban J connectivity index is 0.000000218. The quantitative estimate of drug-likeness (QED) is 0.0688. The van der Waals surface area contributed by atoms with Crippen molar-refractivity contribution in [1.29, 1.82) is 0 Å². The maximum absolute atomic E-state index is 12.3. The van der Waals surface area contributed by atoms with Gasteiger partial charge in [-0.25, -0.2) is 4.79 Å². The van der Waals surface area contributed by atoms with Crippen molar-refractivity contribution >= 4 is 59.3 Å². The molecule has 0 saturated heterocycles. The van der Waals surface area contributed by atoms with Gasteiger partial charge in [-0.05, 0) is 195 Å². The summed E-state index contributed by atoms with van der Waals surface area (Å²) in [7, 11) is 17.0. The number of hydrogen-bond acceptors (Lipinski definition) is 14. The lowest BCUT2D eigenvalue weighted by Crippen LogP contribution is -2.53. The molecule has 4 aliphatic rings. The molecule has 6 amide bonds. The van der Waals surface area contributed by atoms with Gasteiger partial charge in [0.25, 0.3) is 0 Å². The molecule has 4 fully saturated rings. The highest BCUT2D eigenvalue weighted by Crippen LogP contribution is 2.50. The first-order chi connectivity index (χ1) is 52.4. The maximum atomic E-state index is 12.3. The zero-order valence-corrected chi connectivity index (χ0v) is 69.6. The minimum Gasteiger partial charge on any atom is -0.465 e. The number of hydrogen-bond donors (Lipinski definition) is 0. The fourth-order valence-electron chi connectivity index (χ4n) is 16.3. The van der Waals surface area contributed by atoms with Crippen LogP contribution >= 0.6 is 0 Å². The summed E-state index contributed by atoms with van der Waals surface area (Å²) in [6.45, 7) is 19.6. The van der Waals surface area contributed by atoms with E-state index in [1.807, 2.05) is 36.4 Å². The Labute approximate surface area is 659 Å². The van der Waals surface area contributed by atoms with Crippen LogP contribution in [-0.2, 0) is 62.1 Å². The molecule has 0 heterocycles. The molecular formula is C91H122N6O14. The molecule has 20 heteroatoms. The molecule has 0 aliphatic heterocycles. The second-order valence-corrected chi connectivity index (χ2v) is 31.2. The molecule has 111 heavy (non-hydrogen) atoms. The van der Waals surface area contributed by atoms with Gasteiger partial charge in [0.1, 0.15) is 18.3 Å². The number of nitrogens with zero attached hydrogens (tertiary/aromatic N) is 6. The summed E-state index contributed by atoms with van der Waals surface area (Å²) in [4.78, 5) is 126. The van der Waals surface area contributed by atoms with Crippen LogP contribution in [0.25, 0.3) is 22.3 Å². The predicted octanol–water partition coefficient (Wildman–Crippen LogP) is 14.8. The van der Waals surface area contributed by atoms with Gasteiger partial charge in [0, 0.05) is 160 Å². The zero-order chi connectivity index (χ0) is 82.2. The van der Waals surface area contributed by atoms with Crippen LogP contribution in [0.5, 0.6) is 0 Å². The van der Waals surface area contributed by atoms with Crippen LogP contribution in [0.2, 0.25) is 0 Å². The van der Waals surface area contributed by atoms with Crippen molar-refractivity contribution in [2.75, 3.05) is 70.5 Å². The first kappa shape index (κ1) is 89.9. The van der Waals surface area contributed by atoms with Crippen LogP contribution in [0.1, 0.15) is 191 Å². The van der Waals surface area contributed by atoms with Gasteiger partial charge in [0.15, 0.2) is 0 Å². The second kappa shape index (κ2) is 42.4. The topological polar surface area (TPSA) is 227 Å². The van der Waals surface area contributed by atoms with E-state index in [0.717, 1.165) is 41.5 Å². The predicted molar refractivity (Wildman–Crippen MR) is 435 cm³/mol. The molecule has 0 radical (unpaired) electrons. The monoisotopic (exact) mass is 1520 g/mol. The molecule has 6 aromatic carbocycles. The van der Waals surface area contributed by atoms with Gasteiger partial charge < -0.3 is 48.3 Å². The molecule has 20 nitrogen and oxygen atoms in total. The van der Waals surface area contributed by atoms with E-state index in [9.17, 15) is 47.9 Å². The van der Waals surface area contributed by atoms with Crippen LogP contribution in [-0.4, -0.2) is 196 Å². The number of aryl methyl sites for hydroxylation is 5. The van der Waals surface area contributed by atoms with Crippen LogP contribution in [0.15, 0.2) is 140 Å². The summed E-state index contributed by atoms with van der Waals surface area (Å²) >= 11 is 0. The molecule has 0 spiro atoms. The largest absolute Gasteiger partial charge is 0.465 e. The first-order valence-electron chi connectivity index (χ1n) is 38.8. The van der Waals surface area contributed by atoms with Crippen LogP contribution in [0.4, 0.5) is 0 Å². The van der Waals surface area contributed by atoms with Crippen molar-refractivity contribution in [1.82, 2.24) is 29.4 Å². The zero-order valence-electron chi connectivity index (χ0n) is 69.6. The smallest absolute Gasteiger partial charge is 0.337 e. The third-order valence-corrected chi connectivity index (χ3v) is 22.3. The molecule has 0 bridgehead atoms. The Hall–Kier alpha value is -9.98. The standard InChI is InChI=1S/C27H30.C22H20O2.2C15H27N3O3.C12H18O6/c1-19-10-4-7-13-25(19)22-16-23(26-14-8-5-11-20(26)2)18-24(17-22)27-15-9-6-12-21(27)3;1-15-8-4-6-10-20(15)17-12-18(14-19(13-17)22(23)24-3)21-11-7-5-9-16(21)2;1-16(2)13(19)10-7-11(14(20)17(3)4)9-12(8-10)15(21)18(5)6;1-10(19)16(4)13-7-14(17(5)11(2)20)9-15(8-13)18(6)12(3)21;1-7(13)16-10-4-11(17-8(2)14)6-12(5-10)18-9(3)15/h4-15,22-24H,16-18H2,1-3H3;4-14H,1-3H3;10-12H,7-9H2,1-6H3;13-15H,7-9H2,1-6H3;10-12H,4-6H2,1-3H3. The lowest BCUT2D eigenvalue weighted by atomic mass is 9.67. The number of methoxy groups -OCH3 is 1. The summed E-state index contributed by atoms with van der Waals surface area (Å²) in [6.07, 6.45) is 7.83. The lowest BCUT2D eigenvalue weighted by molar-refractivity contribution is -0.167. The van der Waals surface area contributed by atoms with Crippen molar-refractivity contribution < 1.29 is 66.9 Å². The van der Waals surface area contributed by atoms with E-state index in [0.29, 0.717) is 61.8 Å². The number of carbonyl (C=O) groups is 10. The van der Waals surface area contributed by atoms with Crippen LogP contribution in [0.3, 0.4) is 0 Å². The Kier molecular flexibility index (Phi) is 34.4. The molecule has 0 aromatic heterocycles. The molecule has 0 N–H and O–H groups in total. The average molecular weight is 1520 g/mol. The molecule has 600 valence electrons. The maximum Gasteiger partial charge on any atom is 0.337 e. The highest BCUT2D eigenvalue weighted by molar-refractivity contribution is 5.94. The second-order valence-electron chi connectivity index (χ2n) is 31.2. The fourth-order valence-corrected chi connectivity index (χ4v) is 16.3. The van der Waals surface area contributed by atoms with Crippen molar-refractivity contribution in [2.45, 2.75) is 207 Å². The summed E-state index contributed by atoms with van der Waals surface area (Å²) in [5.41, 5.74) is 16.2. The molecule has 6 aromatic rings. The summed E-state index contributed by atoms with van der Waals surface area (Å²) in [6, 6.07) is 49.5. The average Bonchev–Trinajstić information content (AvgIpc) is 0.792. The van der Waals surface area contributed by atoms with E-state index < -0.39 is 17.9 Å². The lowest BCUT2D eigenvalue weighted by Gasteiger charge is -2.44. The van der Waals surface area contributed by atoms with Gasteiger partial charge in [-0.1, -0.05) is 121 Å². The van der Waals surface area contributed by atoms with Gasteiger partial charge in [0.05, 0.1) is 12.7 Å². The van der Waals surface area contributed by atoms with Crippen molar-refractivity contribution in [3.8, 4) is 22.3 Å². The van der Waals surface area contributed by atoms with E-state index in [2.05, 4.69) is 138 Å². The van der Waals surface area contributed by atoms with E-state index in [1.54, 1.807) is 130 Å². The third kappa shape index (κ3) is 26.3. The van der Waals surface area contributed by atoms with Crippen molar-refractivity contribution in [3.63, 3.8) is 0 Å². The van der Waals surface area contributed by atoms with Crippen LogP contribution < -0.4 is 0 Å². The SMILES string of the molecule is CC(=O)N(C)C1CC(N(C)C(C)=O)CC(N(C)C(C)=O)C1.CC(=O)OC1CC(OC(C)=O)CC(OC(C)=O)C1.CN(C)C(=O)C1CC(C(=O)N(C)C)CC(C(=O)N(C)C)C1.COC(=O)c1cc(-c2ccccc2C)cc(-c2ccccc2C)c1.Cc1ccccc1C1CC(c2ccccc2C)CC(c2ccccc2C)C1. The highest BCUT2D eigenvalue weighted by atomic mass is 16.6. The van der Waals surface area contributed by atoms with Gasteiger partial charge in [-0.2, -0.15) is 0 Å². The van der Waals surface area contributed by atoms with Gasteiger partial charge in [-0.15, -0.1) is 0 Å². The van der Waals surface area contributed by atoms with Gasteiger partial charge >= 0.3 is 23.9 Å². The Morgan fingerprint density at radius 3 is 0.793 bits per heavy atom. The molecule has 0 atom stereocenters. The Morgan fingerprint density at radius 1 is 0.315 bits per heavy atom. The fraction of sp³-hybridized carbons (Fsp3) is 0.495. The van der Waals surface area contributed by atoms with Gasteiger partial charge in [0.2, 0.25) is 35.4 Å². The molecule has 4 aliphatic carbocycles. The van der Waals surface area contributed by atoms with E-state index in [4.69, 9.17) is 18.9 Å². The first-order valence-corrected chi connectivity index (χ1v) is 38.8. The Bertz CT molecular complexity index is 3800. The minimum absolute atomic E-state index is 0.00260. The van der Waals surface area contributed by atoms with E-state index >= 15 is 0 Å². The summed E-state index contributed by atoms with van der Waals surface area (Å²) in [5.74, 6) is -0.336. The third-order valence-electron chi connectivity index (χ3n) is 22.3. The van der Waals surface area contributed by atoms with Crippen molar-refractivity contribution in [3.05, 3.63) is 190 Å². The number of carbonyl (C=O) groups excluding carboxylic acids is 10.